The first-order valence-corrected chi connectivity index (χ1v) is 4.23. The molecule has 0 saturated carbocycles. The van der Waals surface area contributed by atoms with Crippen molar-refractivity contribution >= 4 is 0 Å². The predicted molar refractivity (Wildman–Crippen MR) is 44.8 cm³/mol. The standard InChI is InChI=1S/C8H11F3N2O2/c1-5-6(2)15-7(13-5)3-12-14-4-8(9,10)11/h12H,3-4H2,1-2H3. The molecule has 1 aromatic rings. The zero-order valence-corrected chi connectivity index (χ0v) is 8.31. The van der Waals surface area contributed by atoms with Gasteiger partial charge >= 0.3 is 6.18 Å². The van der Waals surface area contributed by atoms with Crippen LogP contribution in [0.1, 0.15) is 17.3 Å². The van der Waals surface area contributed by atoms with Crippen molar-refractivity contribution in [3.05, 3.63) is 17.3 Å². The second kappa shape index (κ2) is 4.63. The summed E-state index contributed by atoms with van der Waals surface area (Å²) >= 11 is 0. The van der Waals surface area contributed by atoms with Crippen LogP contribution in [-0.2, 0) is 11.4 Å². The Hall–Kier alpha value is -1.08. The van der Waals surface area contributed by atoms with Gasteiger partial charge in [0, 0.05) is 0 Å². The minimum Gasteiger partial charge on any atom is -0.444 e. The van der Waals surface area contributed by atoms with E-state index < -0.39 is 12.8 Å². The van der Waals surface area contributed by atoms with Crippen LogP contribution in [0.3, 0.4) is 0 Å². The van der Waals surface area contributed by atoms with E-state index in [4.69, 9.17) is 4.42 Å². The molecule has 0 radical (unpaired) electrons. The summed E-state index contributed by atoms with van der Waals surface area (Å²) in [5.41, 5.74) is 2.83. The molecule has 86 valence electrons. The molecular weight excluding hydrogens is 213 g/mol. The quantitative estimate of drug-likeness (QED) is 0.626. The maximum atomic E-state index is 11.6. The van der Waals surface area contributed by atoms with E-state index in [0.717, 1.165) is 0 Å². The van der Waals surface area contributed by atoms with E-state index in [1.54, 1.807) is 13.8 Å². The van der Waals surface area contributed by atoms with Crippen LogP contribution in [-0.4, -0.2) is 17.8 Å². The van der Waals surface area contributed by atoms with Gasteiger partial charge in [-0.1, -0.05) is 0 Å². The Labute approximate surface area is 84.4 Å². The number of nitrogens with one attached hydrogen (secondary N) is 1. The van der Waals surface area contributed by atoms with Gasteiger partial charge in [-0.2, -0.15) is 18.7 Å². The summed E-state index contributed by atoms with van der Waals surface area (Å²) in [5.74, 6) is 0.940. The van der Waals surface area contributed by atoms with Crippen LogP contribution < -0.4 is 5.48 Å². The van der Waals surface area contributed by atoms with Gasteiger partial charge in [-0.3, -0.25) is 4.84 Å². The first-order chi connectivity index (χ1) is 6.88. The van der Waals surface area contributed by atoms with Crippen molar-refractivity contribution in [2.45, 2.75) is 26.6 Å². The number of oxazole rings is 1. The van der Waals surface area contributed by atoms with Crippen LogP contribution in [0.5, 0.6) is 0 Å². The maximum absolute atomic E-state index is 11.6. The number of nitrogens with zero attached hydrogens (tertiary/aromatic N) is 1. The summed E-state index contributed by atoms with van der Waals surface area (Å²) in [4.78, 5) is 8.13. The highest BCUT2D eigenvalue weighted by molar-refractivity contribution is 5.04. The molecule has 0 aromatic carbocycles. The molecule has 0 fully saturated rings. The number of halogens is 3. The van der Waals surface area contributed by atoms with Crippen LogP contribution >= 0.6 is 0 Å². The van der Waals surface area contributed by atoms with E-state index in [2.05, 4.69) is 15.3 Å². The summed E-state index contributed by atoms with van der Waals surface area (Å²) < 4.78 is 40.0. The Morgan fingerprint density at radius 1 is 1.40 bits per heavy atom. The fourth-order valence-electron chi connectivity index (χ4n) is 0.860. The average molecular weight is 224 g/mol. The molecule has 7 heteroatoms. The lowest BCUT2D eigenvalue weighted by Crippen LogP contribution is -2.24. The van der Waals surface area contributed by atoms with Crippen molar-refractivity contribution in [1.29, 1.82) is 0 Å². The molecule has 1 N–H and O–H groups in total. The van der Waals surface area contributed by atoms with Crippen LogP contribution in [0.25, 0.3) is 0 Å². The molecule has 1 aromatic heterocycles. The van der Waals surface area contributed by atoms with Crippen molar-refractivity contribution in [3.63, 3.8) is 0 Å². The van der Waals surface area contributed by atoms with Crippen LogP contribution in [0, 0.1) is 13.8 Å². The number of hydrogen-bond acceptors (Lipinski definition) is 4. The van der Waals surface area contributed by atoms with E-state index in [1.807, 2.05) is 0 Å². The first-order valence-electron chi connectivity index (χ1n) is 4.23. The highest BCUT2D eigenvalue weighted by atomic mass is 19.4. The van der Waals surface area contributed by atoms with Gasteiger partial charge in [-0.25, -0.2) is 4.98 Å². The largest absolute Gasteiger partial charge is 0.444 e. The maximum Gasteiger partial charge on any atom is 0.413 e. The third-order valence-electron chi connectivity index (χ3n) is 1.63. The second-order valence-electron chi connectivity index (χ2n) is 2.97. The summed E-state index contributed by atoms with van der Waals surface area (Å²) in [7, 11) is 0. The Morgan fingerprint density at radius 2 is 2.07 bits per heavy atom. The normalized spacial score (nSPS) is 12.1. The Bertz CT molecular complexity index is 303. The molecule has 0 bridgehead atoms. The molecule has 0 unspecified atom stereocenters. The molecule has 0 atom stereocenters. The van der Waals surface area contributed by atoms with Gasteiger partial charge in [0.25, 0.3) is 0 Å². The number of hydrogen-bond donors (Lipinski definition) is 1. The van der Waals surface area contributed by atoms with Crippen LogP contribution in [0.2, 0.25) is 0 Å². The number of aromatic nitrogens is 1. The molecule has 0 aliphatic carbocycles. The number of rotatable bonds is 4. The van der Waals surface area contributed by atoms with E-state index >= 15 is 0 Å². The van der Waals surface area contributed by atoms with E-state index in [9.17, 15) is 13.2 Å². The van der Waals surface area contributed by atoms with Gasteiger partial charge in [0.15, 0.2) is 6.61 Å². The van der Waals surface area contributed by atoms with Gasteiger partial charge in [-0.05, 0) is 13.8 Å². The van der Waals surface area contributed by atoms with Crippen molar-refractivity contribution in [1.82, 2.24) is 10.5 Å². The summed E-state index contributed by atoms with van der Waals surface area (Å²) in [6, 6.07) is 0. The number of hydroxylamine groups is 1. The highest BCUT2D eigenvalue weighted by Gasteiger charge is 2.27. The van der Waals surface area contributed by atoms with Crippen molar-refractivity contribution in [2.75, 3.05) is 6.61 Å². The molecule has 15 heavy (non-hydrogen) atoms. The predicted octanol–water partition coefficient (Wildman–Crippen LogP) is 1.87. The molecule has 0 spiro atoms. The van der Waals surface area contributed by atoms with Crippen LogP contribution in [0.15, 0.2) is 4.42 Å². The van der Waals surface area contributed by atoms with Crippen LogP contribution in [0.4, 0.5) is 13.2 Å². The zero-order chi connectivity index (χ0) is 11.5. The Balaban J connectivity index is 2.26. The molecule has 0 amide bonds. The van der Waals surface area contributed by atoms with Crippen molar-refractivity contribution < 1.29 is 22.4 Å². The van der Waals surface area contributed by atoms with Gasteiger partial charge in [0.2, 0.25) is 5.89 Å². The fraction of sp³-hybridized carbons (Fsp3) is 0.625. The average Bonchev–Trinajstić information content (AvgIpc) is 2.39. The SMILES string of the molecule is Cc1nc(CNOCC(F)(F)F)oc1C. The third kappa shape index (κ3) is 4.30. The smallest absolute Gasteiger partial charge is 0.413 e. The fourth-order valence-corrected chi connectivity index (χ4v) is 0.860. The minimum atomic E-state index is -4.34. The monoisotopic (exact) mass is 224 g/mol. The van der Waals surface area contributed by atoms with Gasteiger partial charge < -0.3 is 4.42 Å². The van der Waals surface area contributed by atoms with E-state index in [0.29, 0.717) is 17.3 Å². The van der Waals surface area contributed by atoms with E-state index in [1.165, 1.54) is 0 Å². The molecule has 1 rings (SSSR count). The van der Waals surface area contributed by atoms with Gasteiger partial charge in [0.05, 0.1) is 12.2 Å². The first kappa shape index (κ1) is 12.0. The third-order valence-corrected chi connectivity index (χ3v) is 1.63. The molecule has 0 aliphatic heterocycles. The molecule has 0 saturated heterocycles. The number of aryl methyl sites for hydroxylation is 2. The van der Waals surface area contributed by atoms with Crippen molar-refractivity contribution in [3.8, 4) is 0 Å². The molecule has 0 aliphatic rings. The summed E-state index contributed by atoms with van der Waals surface area (Å²) in [6.45, 7) is 2.14. The Morgan fingerprint density at radius 3 is 2.53 bits per heavy atom. The van der Waals surface area contributed by atoms with E-state index in [-0.39, 0.29) is 6.54 Å². The second-order valence-corrected chi connectivity index (χ2v) is 2.97. The summed E-state index contributed by atoms with van der Waals surface area (Å²) in [6.07, 6.45) is -4.34. The topological polar surface area (TPSA) is 47.3 Å². The van der Waals surface area contributed by atoms with Crippen molar-refractivity contribution in [2.24, 2.45) is 0 Å². The highest BCUT2D eigenvalue weighted by Crippen LogP contribution is 2.13. The Kier molecular flexibility index (Phi) is 3.70. The minimum absolute atomic E-state index is 0.00472. The molecular formula is C8H11F3N2O2. The lowest BCUT2D eigenvalue weighted by molar-refractivity contribution is -0.190. The van der Waals surface area contributed by atoms with Gasteiger partial charge in [0.1, 0.15) is 5.76 Å². The number of alkyl halides is 3. The lowest BCUT2D eigenvalue weighted by atomic mass is 10.4. The van der Waals surface area contributed by atoms with Gasteiger partial charge in [-0.15, -0.1) is 0 Å². The molecule has 4 nitrogen and oxygen atoms in total. The lowest BCUT2D eigenvalue weighted by Gasteiger charge is -2.06. The summed E-state index contributed by atoms with van der Waals surface area (Å²) in [5, 5.41) is 0. The zero-order valence-electron chi connectivity index (χ0n) is 8.31. The molecule has 1 heterocycles.